The fourth-order valence-corrected chi connectivity index (χ4v) is 2.79. The van der Waals surface area contributed by atoms with E-state index in [2.05, 4.69) is 20.9 Å². The lowest BCUT2D eigenvalue weighted by atomic mass is 10.2. The van der Waals surface area contributed by atoms with E-state index in [-0.39, 0.29) is 24.7 Å². The quantitative estimate of drug-likeness (QED) is 0.401. The van der Waals surface area contributed by atoms with Crippen molar-refractivity contribution in [3.05, 3.63) is 65.5 Å². The number of nitrogens with one attached hydrogen (secondary N) is 3. The fraction of sp³-hybridized carbons (Fsp3) is 0.227. The number of urea groups is 1. The number of ether oxygens (including phenoxy) is 1. The van der Waals surface area contributed by atoms with Crippen LogP contribution in [0.2, 0.25) is 0 Å². The molecule has 3 rings (SSSR count). The number of amides is 2. The molecular weight excluding hydrogens is 441 g/mol. The van der Waals surface area contributed by atoms with Crippen LogP contribution in [-0.2, 0) is 22.1 Å². The molecule has 2 aromatic carbocycles. The topological polar surface area (TPSA) is 105 Å². The zero-order chi connectivity index (χ0) is 24.0. The number of rotatable bonds is 7. The first kappa shape index (κ1) is 23.6. The second-order valence-corrected chi connectivity index (χ2v) is 6.92. The van der Waals surface area contributed by atoms with Gasteiger partial charge in [0.2, 0.25) is 0 Å². The molecule has 0 aliphatic carbocycles. The lowest BCUT2D eigenvalue weighted by Gasteiger charge is -2.12. The summed E-state index contributed by atoms with van der Waals surface area (Å²) in [6, 6.07) is 8.68. The summed E-state index contributed by atoms with van der Waals surface area (Å²) in [6.45, 7) is 3.80. The third-order valence-electron chi connectivity index (χ3n) is 4.38. The number of oxazole rings is 1. The molecule has 0 fully saturated rings. The monoisotopic (exact) mass is 462 g/mol. The Morgan fingerprint density at radius 1 is 1.06 bits per heavy atom. The summed E-state index contributed by atoms with van der Waals surface area (Å²) < 4.78 is 48.3. The maximum Gasteiger partial charge on any atom is 0.416 e. The van der Waals surface area contributed by atoms with Gasteiger partial charge < -0.3 is 25.1 Å². The standard InChI is InChI=1S/C22H21F3N4O4/c1-3-32-19(30)11-17-12-26-21(33-17)29-18-10-16(7-4-13(18)2)28-20(31)27-15-8-5-14(6-9-15)22(23,24)25/h4-10,12H,3,11H2,1-2H3,(H,26,29)(H2,27,28,31). The van der Waals surface area contributed by atoms with Crippen molar-refractivity contribution >= 4 is 35.1 Å². The summed E-state index contributed by atoms with van der Waals surface area (Å²) in [4.78, 5) is 27.9. The molecule has 33 heavy (non-hydrogen) atoms. The van der Waals surface area contributed by atoms with E-state index in [0.717, 1.165) is 17.7 Å². The minimum absolute atomic E-state index is 0.0484. The van der Waals surface area contributed by atoms with Gasteiger partial charge in [-0.05, 0) is 55.8 Å². The first-order valence-electron chi connectivity index (χ1n) is 9.87. The molecule has 0 aliphatic heterocycles. The Morgan fingerprint density at radius 3 is 2.39 bits per heavy atom. The molecule has 3 aromatic rings. The molecule has 0 unspecified atom stereocenters. The van der Waals surface area contributed by atoms with Gasteiger partial charge in [-0.1, -0.05) is 6.07 Å². The van der Waals surface area contributed by atoms with Gasteiger partial charge in [-0.2, -0.15) is 13.2 Å². The van der Waals surface area contributed by atoms with Crippen molar-refractivity contribution in [2.24, 2.45) is 0 Å². The number of anilines is 4. The van der Waals surface area contributed by atoms with Crippen LogP contribution in [0.1, 0.15) is 23.8 Å². The normalized spacial score (nSPS) is 11.1. The summed E-state index contributed by atoms with van der Waals surface area (Å²) in [5, 5.41) is 8.06. The van der Waals surface area contributed by atoms with Crippen LogP contribution in [0.4, 0.5) is 41.0 Å². The molecule has 2 amide bonds. The first-order valence-corrected chi connectivity index (χ1v) is 9.87. The molecule has 1 aromatic heterocycles. The maximum absolute atomic E-state index is 12.6. The molecule has 1 heterocycles. The SMILES string of the molecule is CCOC(=O)Cc1cnc(Nc2cc(NC(=O)Nc3ccc(C(F)(F)F)cc3)ccc2C)o1. The van der Waals surface area contributed by atoms with E-state index in [1.165, 1.54) is 18.3 Å². The van der Waals surface area contributed by atoms with Crippen molar-refractivity contribution in [2.45, 2.75) is 26.4 Å². The van der Waals surface area contributed by atoms with Gasteiger partial charge in [0.1, 0.15) is 12.2 Å². The van der Waals surface area contributed by atoms with Crippen molar-refractivity contribution < 1.29 is 31.9 Å². The Kier molecular flexibility index (Phi) is 7.21. The number of nitrogens with zero attached hydrogens (tertiary/aromatic N) is 1. The van der Waals surface area contributed by atoms with Gasteiger partial charge in [-0.3, -0.25) is 4.79 Å². The maximum atomic E-state index is 12.6. The average molecular weight is 462 g/mol. The van der Waals surface area contributed by atoms with Crippen molar-refractivity contribution in [1.29, 1.82) is 0 Å². The Bertz CT molecular complexity index is 1130. The number of hydrogen-bond acceptors (Lipinski definition) is 6. The van der Waals surface area contributed by atoms with Crippen molar-refractivity contribution in [3.8, 4) is 0 Å². The minimum Gasteiger partial charge on any atom is -0.466 e. The van der Waals surface area contributed by atoms with Gasteiger partial charge in [-0.25, -0.2) is 9.78 Å². The van der Waals surface area contributed by atoms with Gasteiger partial charge in [-0.15, -0.1) is 0 Å². The number of aromatic nitrogens is 1. The summed E-state index contributed by atoms with van der Waals surface area (Å²) in [6.07, 6.45) is -3.09. The van der Waals surface area contributed by atoms with Gasteiger partial charge >= 0.3 is 18.2 Å². The van der Waals surface area contributed by atoms with Crippen LogP contribution >= 0.6 is 0 Å². The third-order valence-corrected chi connectivity index (χ3v) is 4.38. The van der Waals surface area contributed by atoms with Gasteiger partial charge in [0.25, 0.3) is 6.01 Å². The third kappa shape index (κ3) is 6.73. The largest absolute Gasteiger partial charge is 0.466 e. The molecule has 11 heteroatoms. The van der Waals surface area contributed by atoms with Gasteiger partial charge in [0.15, 0.2) is 0 Å². The van der Waals surface area contributed by atoms with Crippen LogP contribution < -0.4 is 16.0 Å². The molecule has 0 spiro atoms. The van der Waals surface area contributed by atoms with E-state index in [1.54, 1.807) is 25.1 Å². The van der Waals surface area contributed by atoms with Crippen molar-refractivity contribution in [1.82, 2.24) is 4.98 Å². The van der Waals surface area contributed by atoms with E-state index in [0.29, 0.717) is 17.1 Å². The summed E-state index contributed by atoms with van der Waals surface area (Å²) in [7, 11) is 0. The van der Waals surface area contributed by atoms with Gasteiger partial charge in [0.05, 0.1) is 18.4 Å². The van der Waals surface area contributed by atoms with Crippen LogP contribution in [0.3, 0.4) is 0 Å². The molecule has 0 saturated heterocycles. The van der Waals surface area contributed by atoms with Gasteiger partial charge in [0, 0.05) is 17.1 Å². The van der Waals surface area contributed by atoms with Crippen LogP contribution in [0.15, 0.2) is 53.1 Å². The number of carbonyl (C=O) groups excluding carboxylic acids is 2. The highest BCUT2D eigenvalue weighted by atomic mass is 19.4. The Hall–Kier alpha value is -4.02. The fourth-order valence-electron chi connectivity index (χ4n) is 2.79. The van der Waals surface area contributed by atoms with E-state index < -0.39 is 23.7 Å². The zero-order valence-corrected chi connectivity index (χ0v) is 17.7. The first-order chi connectivity index (χ1) is 15.6. The summed E-state index contributed by atoms with van der Waals surface area (Å²) in [5.41, 5.74) is 1.24. The van der Waals surface area contributed by atoms with E-state index in [9.17, 15) is 22.8 Å². The van der Waals surface area contributed by atoms with Crippen molar-refractivity contribution in [2.75, 3.05) is 22.6 Å². The van der Waals surface area contributed by atoms with Crippen molar-refractivity contribution in [3.63, 3.8) is 0 Å². The molecule has 0 atom stereocenters. The molecule has 3 N–H and O–H groups in total. The predicted molar refractivity (Wildman–Crippen MR) is 115 cm³/mol. The number of hydrogen-bond donors (Lipinski definition) is 3. The molecule has 0 radical (unpaired) electrons. The second kappa shape index (κ2) is 10.1. The lowest BCUT2D eigenvalue weighted by molar-refractivity contribution is -0.142. The number of halogens is 3. The zero-order valence-electron chi connectivity index (χ0n) is 17.7. The number of benzene rings is 2. The van der Waals surface area contributed by atoms with E-state index in [4.69, 9.17) is 9.15 Å². The van der Waals surface area contributed by atoms with Crippen LogP contribution in [0.5, 0.6) is 0 Å². The number of aryl methyl sites for hydroxylation is 1. The number of carbonyl (C=O) groups is 2. The molecule has 0 saturated carbocycles. The Balaban J connectivity index is 1.62. The molecule has 0 bridgehead atoms. The van der Waals surface area contributed by atoms with Crippen LogP contribution in [0.25, 0.3) is 0 Å². The predicted octanol–water partition coefficient (Wildman–Crippen LogP) is 5.50. The average Bonchev–Trinajstić information content (AvgIpc) is 3.17. The van der Waals surface area contributed by atoms with E-state index in [1.807, 2.05) is 6.92 Å². The van der Waals surface area contributed by atoms with Crippen LogP contribution in [0, 0.1) is 6.92 Å². The summed E-state index contributed by atoms with van der Waals surface area (Å²) >= 11 is 0. The minimum atomic E-state index is -4.45. The number of esters is 1. The molecular formula is C22H21F3N4O4. The summed E-state index contributed by atoms with van der Waals surface area (Å²) in [5.74, 6) is -0.0968. The van der Waals surface area contributed by atoms with E-state index >= 15 is 0 Å². The Morgan fingerprint density at radius 2 is 1.73 bits per heavy atom. The Labute approximate surface area is 187 Å². The highest BCUT2D eigenvalue weighted by Gasteiger charge is 2.30. The lowest BCUT2D eigenvalue weighted by Crippen LogP contribution is -2.19. The highest BCUT2D eigenvalue weighted by Crippen LogP contribution is 2.30. The smallest absolute Gasteiger partial charge is 0.416 e. The number of alkyl halides is 3. The highest BCUT2D eigenvalue weighted by molar-refractivity contribution is 6.00. The molecule has 8 nitrogen and oxygen atoms in total. The van der Waals surface area contributed by atoms with Crippen LogP contribution in [-0.4, -0.2) is 23.6 Å². The molecule has 0 aliphatic rings. The molecule has 174 valence electrons. The second-order valence-electron chi connectivity index (χ2n) is 6.92.